The summed E-state index contributed by atoms with van der Waals surface area (Å²) in [7, 11) is 2.75. The summed E-state index contributed by atoms with van der Waals surface area (Å²) in [5, 5.41) is 11.2. The number of nitrogens with one attached hydrogen (secondary N) is 2. The van der Waals surface area contributed by atoms with E-state index >= 15 is 0 Å². The van der Waals surface area contributed by atoms with Crippen LogP contribution in [0.25, 0.3) is 0 Å². The quantitative estimate of drug-likeness (QED) is 0.225. The number of alkyl halides is 6. The molecule has 1 aromatic carbocycles. The molecule has 1 aromatic heterocycles. The SMILES string of the molecule is CCN(CC1CCCC1)c1nc(NC)c(C(C)=N)cc1CN(Cc1cc(C(F)(F)F)cc(C(F)(F)F)c1)C(=O)OC. The predicted octanol–water partition coefficient (Wildman–Crippen LogP) is 7.33. The Balaban J connectivity index is 2.09. The molecular formula is C28H35F6N5O2. The summed E-state index contributed by atoms with van der Waals surface area (Å²) in [4.78, 5) is 20.7. The van der Waals surface area contributed by atoms with Gasteiger partial charge in [0, 0.05) is 43.5 Å². The molecule has 7 nitrogen and oxygen atoms in total. The molecule has 2 aromatic rings. The highest BCUT2D eigenvalue weighted by molar-refractivity contribution is 6.01. The molecule has 226 valence electrons. The number of carbonyl (C=O) groups is 1. The van der Waals surface area contributed by atoms with E-state index in [0.29, 0.717) is 53.9 Å². The van der Waals surface area contributed by atoms with Crippen LogP contribution in [0.2, 0.25) is 0 Å². The third-order valence-electron chi connectivity index (χ3n) is 7.17. The van der Waals surface area contributed by atoms with E-state index in [2.05, 4.69) is 10.2 Å². The van der Waals surface area contributed by atoms with Gasteiger partial charge in [-0.3, -0.25) is 4.90 Å². The highest BCUT2D eigenvalue weighted by Crippen LogP contribution is 2.37. The zero-order valence-electron chi connectivity index (χ0n) is 23.5. The third-order valence-corrected chi connectivity index (χ3v) is 7.17. The Morgan fingerprint density at radius 2 is 1.63 bits per heavy atom. The van der Waals surface area contributed by atoms with Gasteiger partial charge in [-0.05, 0) is 62.4 Å². The number of anilines is 2. The molecule has 0 saturated heterocycles. The summed E-state index contributed by atoms with van der Waals surface area (Å²) in [5.74, 6) is 1.40. The van der Waals surface area contributed by atoms with Crippen molar-refractivity contribution in [2.45, 2.75) is 65.0 Å². The number of hydrogen-bond acceptors (Lipinski definition) is 6. The highest BCUT2D eigenvalue weighted by atomic mass is 19.4. The van der Waals surface area contributed by atoms with Crippen LogP contribution in [0.3, 0.4) is 0 Å². The normalized spacial score (nSPS) is 14.2. The molecule has 1 amide bonds. The second kappa shape index (κ2) is 13.0. The van der Waals surface area contributed by atoms with Crippen molar-refractivity contribution in [1.82, 2.24) is 9.88 Å². The molecule has 1 aliphatic carbocycles. The summed E-state index contributed by atoms with van der Waals surface area (Å²) >= 11 is 0. The summed E-state index contributed by atoms with van der Waals surface area (Å²) in [6.45, 7) is 3.98. The Morgan fingerprint density at radius 3 is 2.10 bits per heavy atom. The van der Waals surface area contributed by atoms with E-state index in [1.807, 2.05) is 6.92 Å². The number of rotatable bonds is 10. The van der Waals surface area contributed by atoms with Crippen LogP contribution < -0.4 is 10.2 Å². The number of benzene rings is 1. The second-order valence-electron chi connectivity index (χ2n) is 10.2. The van der Waals surface area contributed by atoms with Crippen LogP contribution >= 0.6 is 0 Å². The first kappa shape index (κ1) is 32.0. The smallest absolute Gasteiger partial charge is 0.416 e. The lowest BCUT2D eigenvalue weighted by Gasteiger charge is -2.30. The van der Waals surface area contributed by atoms with E-state index in [-0.39, 0.29) is 23.9 Å². The van der Waals surface area contributed by atoms with Gasteiger partial charge in [-0.1, -0.05) is 12.8 Å². The van der Waals surface area contributed by atoms with Gasteiger partial charge in [0.15, 0.2) is 0 Å². The standard InChI is InChI=1S/C28H35F6N5O2/c1-5-38(14-18-8-6-7-9-18)25-20(12-23(17(2)35)24(36-3)37-25)16-39(26(40)41-4)15-19-10-21(27(29,30)31)13-22(11-19)28(32,33)34/h10-13,18,35H,5-9,14-16H2,1-4H3,(H,36,37). The number of aromatic nitrogens is 1. The van der Waals surface area contributed by atoms with E-state index in [9.17, 15) is 31.1 Å². The topological polar surface area (TPSA) is 81.6 Å². The lowest BCUT2D eigenvalue weighted by molar-refractivity contribution is -0.143. The van der Waals surface area contributed by atoms with Gasteiger partial charge in [0.1, 0.15) is 11.6 Å². The molecule has 0 atom stereocenters. The van der Waals surface area contributed by atoms with Crippen LogP contribution in [-0.2, 0) is 30.2 Å². The van der Waals surface area contributed by atoms with Gasteiger partial charge in [-0.15, -0.1) is 0 Å². The van der Waals surface area contributed by atoms with Crippen LogP contribution in [-0.4, -0.2) is 48.9 Å². The van der Waals surface area contributed by atoms with Crippen molar-refractivity contribution in [1.29, 1.82) is 5.41 Å². The lowest BCUT2D eigenvalue weighted by Crippen LogP contribution is -2.34. The Hall–Kier alpha value is -3.51. The molecule has 1 heterocycles. The van der Waals surface area contributed by atoms with Gasteiger partial charge < -0.3 is 20.4 Å². The van der Waals surface area contributed by atoms with Crippen molar-refractivity contribution in [3.8, 4) is 0 Å². The van der Waals surface area contributed by atoms with Gasteiger partial charge in [-0.2, -0.15) is 26.3 Å². The maximum Gasteiger partial charge on any atom is 0.416 e. The van der Waals surface area contributed by atoms with Crippen LogP contribution in [0.4, 0.5) is 42.8 Å². The van der Waals surface area contributed by atoms with Gasteiger partial charge in [0.2, 0.25) is 0 Å². The molecule has 1 aliphatic rings. The summed E-state index contributed by atoms with van der Waals surface area (Å²) < 4.78 is 85.7. The summed E-state index contributed by atoms with van der Waals surface area (Å²) in [5.41, 5.74) is -2.18. The second-order valence-corrected chi connectivity index (χ2v) is 10.2. The van der Waals surface area contributed by atoms with Crippen LogP contribution in [0.15, 0.2) is 24.3 Å². The lowest BCUT2D eigenvalue weighted by atomic mass is 10.0. The van der Waals surface area contributed by atoms with Crippen molar-refractivity contribution in [2.24, 2.45) is 5.92 Å². The van der Waals surface area contributed by atoms with Crippen LogP contribution in [0.1, 0.15) is 67.3 Å². The van der Waals surface area contributed by atoms with Gasteiger partial charge >= 0.3 is 18.4 Å². The zero-order valence-corrected chi connectivity index (χ0v) is 23.5. The Labute approximate surface area is 235 Å². The number of amides is 1. The summed E-state index contributed by atoms with van der Waals surface area (Å²) in [6, 6.07) is 2.92. The molecular weight excluding hydrogens is 552 g/mol. The molecule has 1 saturated carbocycles. The maximum atomic E-state index is 13.5. The first-order valence-electron chi connectivity index (χ1n) is 13.3. The van der Waals surface area contributed by atoms with E-state index in [1.54, 1.807) is 20.0 Å². The van der Waals surface area contributed by atoms with Crippen molar-refractivity contribution >= 4 is 23.4 Å². The molecule has 0 radical (unpaired) electrons. The number of halogens is 6. The molecule has 0 aliphatic heterocycles. The molecule has 0 bridgehead atoms. The molecule has 1 fully saturated rings. The number of pyridine rings is 1. The van der Waals surface area contributed by atoms with E-state index in [0.717, 1.165) is 37.7 Å². The fourth-order valence-corrected chi connectivity index (χ4v) is 5.13. The van der Waals surface area contributed by atoms with Crippen molar-refractivity contribution in [2.75, 3.05) is 37.5 Å². The van der Waals surface area contributed by atoms with E-state index < -0.39 is 36.1 Å². The van der Waals surface area contributed by atoms with Crippen molar-refractivity contribution in [3.05, 3.63) is 52.1 Å². The number of carbonyl (C=O) groups excluding carboxylic acids is 1. The fraction of sp³-hybridized carbons (Fsp3) is 0.536. The van der Waals surface area contributed by atoms with Crippen LogP contribution in [0, 0.1) is 11.3 Å². The van der Waals surface area contributed by atoms with Crippen molar-refractivity contribution in [3.63, 3.8) is 0 Å². The zero-order chi connectivity index (χ0) is 30.5. The highest BCUT2D eigenvalue weighted by Gasteiger charge is 2.37. The average Bonchev–Trinajstić information content (AvgIpc) is 3.42. The maximum absolute atomic E-state index is 13.5. The minimum absolute atomic E-state index is 0.0474. The Bertz CT molecular complexity index is 1210. The van der Waals surface area contributed by atoms with Gasteiger partial charge in [-0.25, -0.2) is 9.78 Å². The van der Waals surface area contributed by atoms with Crippen molar-refractivity contribution < 1.29 is 35.9 Å². The number of methoxy groups -OCH3 is 1. The fourth-order valence-electron chi connectivity index (χ4n) is 5.13. The minimum atomic E-state index is -5.02. The molecule has 0 spiro atoms. The number of hydrogen-bond donors (Lipinski definition) is 2. The molecule has 2 N–H and O–H groups in total. The first-order chi connectivity index (χ1) is 19.2. The number of ether oxygens (including phenoxy) is 1. The number of nitrogens with zero attached hydrogens (tertiary/aromatic N) is 3. The van der Waals surface area contributed by atoms with Gasteiger partial charge in [0.25, 0.3) is 0 Å². The molecule has 13 heteroatoms. The Morgan fingerprint density at radius 1 is 1.05 bits per heavy atom. The molecule has 0 unspecified atom stereocenters. The third kappa shape index (κ3) is 8.04. The van der Waals surface area contributed by atoms with E-state index in [4.69, 9.17) is 15.1 Å². The monoisotopic (exact) mass is 587 g/mol. The van der Waals surface area contributed by atoms with E-state index in [1.165, 1.54) is 0 Å². The predicted molar refractivity (Wildman–Crippen MR) is 144 cm³/mol. The first-order valence-corrected chi connectivity index (χ1v) is 13.3. The molecule has 41 heavy (non-hydrogen) atoms. The minimum Gasteiger partial charge on any atom is -0.453 e. The Kier molecular flexibility index (Phi) is 10.1. The van der Waals surface area contributed by atoms with Gasteiger partial charge in [0.05, 0.1) is 24.8 Å². The molecule has 3 rings (SSSR count). The van der Waals surface area contributed by atoms with Crippen LogP contribution in [0.5, 0.6) is 0 Å². The largest absolute Gasteiger partial charge is 0.453 e. The average molecular weight is 588 g/mol. The summed E-state index contributed by atoms with van der Waals surface area (Å²) in [6.07, 6.45) is -6.60.